The van der Waals surface area contributed by atoms with E-state index in [4.69, 9.17) is 4.74 Å². The van der Waals surface area contributed by atoms with Crippen LogP contribution in [0.25, 0.3) is 0 Å². The molecule has 0 spiro atoms. The lowest BCUT2D eigenvalue weighted by atomic mass is 10.2. The molecular weight excluding hydrogens is 290 g/mol. The van der Waals surface area contributed by atoms with Gasteiger partial charge in [0.15, 0.2) is 5.82 Å². The van der Waals surface area contributed by atoms with Gasteiger partial charge in [0.25, 0.3) is 0 Å². The second-order valence-corrected chi connectivity index (χ2v) is 5.16. The van der Waals surface area contributed by atoms with Gasteiger partial charge in [-0.15, -0.1) is 11.8 Å². The first-order valence-electron chi connectivity index (χ1n) is 6.67. The fourth-order valence-corrected chi connectivity index (χ4v) is 2.66. The lowest BCUT2D eigenvalue weighted by molar-refractivity contribution is 0.105. The number of nitrogens with zero attached hydrogens (tertiary/aromatic N) is 5. The largest absolute Gasteiger partial charge is 0.450 e. The van der Waals surface area contributed by atoms with Gasteiger partial charge >= 0.3 is 6.09 Å². The molecule has 1 aromatic rings. The Hall–Kier alpha value is -2.01. The molecule has 0 bridgehead atoms. The average Bonchev–Trinajstić information content (AvgIpc) is 2.54. The Morgan fingerprint density at radius 3 is 2.71 bits per heavy atom. The molecule has 7 nitrogen and oxygen atoms in total. The van der Waals surface area contributed by atoms with Crippen molar-refractivity contribution in [3.63, 3.8) is 0 Å². The van der Waals surface area contributed by atoms with E-state index >= 15 is 0 Å². The molecule has 2 rings (SSSR count). The molecular formula is C13H17N5O2S. The molecule has 0 saturated carbocycles. The molecule has 21 heavy (non-hydrogen) atoms. The molecule has 0 radical (unpaired) electrons. The van der Waals surface area contributed by atoms with E-state index in [0.29, 0.717) is 49.2 Å². The molecule has 112 valence electrons. The smallest absolute Gasteiger partial charge is 0.409 e. The molecule has 0 unspecified atom stereocenters. The number of ether oxygens (including phenoxy) is 1. The van der Waals surface area contributed by atoms with Crippen LogP contribution in [-0.4, -0.2) is 60.0 Å². The van der Waals surface area contributed by atoms with Crippen LogP contribution in [0.15, 0.2) is 11.4 Å². The maximum absolute atomic E-state index is 11.7. The third-order valence-electron chi connectivity index (χ3n) is 3.20. The van der Waals surface area contributed by atoms with Crippen LogP contribution in [0.5, 0.6) is 0 Å². The lowest BCUT2D eigenvalue weighted by Crippen LogP contribution is -2.49. The Labute approximate surface area is 127 Å². The highest BCUT2D eigenvalue weighted by atomic mass is 32.2. The maximum Gasteiger partial charge on any atom is 0.409 e. The average molecular weight is 307 g/mol. The van der Waals surface area contributed by atoms with Crippen molar-refractivity contribution >= 4 is 23.7 Å². The first kappa shape index (κ1) is 15.4. The third-order valence-corrected chi connectivity index (χ3v) is 3.90. The monoisotopic (exact) mass is 307 g/mol. The summed E-state index contributed by atoms with van der Waals surface area (Å²) in [5, 5.41) is 9.99. The Morgan fingerprint density at radius 1 is 1.43 bits per heavy atom. The first-order chi connectivity index (χ1) is 10.2. The summed E-state index contributed by atoms with van der Waals surface area (Å²) in [6.07, 6.45) is 3.07. The van der Waals surface area contributed by atoms with Crippen LogP contribution in [0, 0.1) is 11.3 Å². The van der Waals surface area contributed by atoms with Gasteiger partial charge in [0.2, 0.25) is 0 Å². The second kappa shape index (κ2) is 7.13. The van der Waals surface area contributed by atoms with Gasteiger partial charge in [-0.05, 0) is 13.2 Å². The number of rotatable bonds is 3. The van der Waals surface area contributed by atoms with Gasteiger partial charge in [-0.2, -0.15) is 5.26 Å². The highest BCUT2D eigenvalue weighted by Crippen LogP contribution is 2.25. The van der Waals surface area contributed by atoms with Gasteiger partial charge < -0.3 is 14.5 Å². The molecule has 1 saturated heterocycles. The minimum atomic E-state index is -0.287. The minimum absolute atomic E-state index is 0.287. The van der Waals surface area contributed by atoms with E-state index in [1.54, 1.807) is 11.8 Å². The van der Waals surface area contributed by atoms with Crippen LogP contribution in [0.1, 0.15) is 12.5 Å². The van der Waals surface area contributed by atoms with Gasteiger partial charge in [0, 0.05) is 26.2 Å². The number of nitriles is 1. The number of amides is 1. The van der Waals surface area contributed by atoms with Gasteiger partial charge in [-0.1, -0.05) is 0 Å². The zero-order valence-electron chi connectivity index (χ0n) is 12.1. The van der Waals surface area contributed by atoms with Crippen molar-refractivity contribution in [2.24, 2.45) is 0 Å². The van der Waals surface area contributed by atoms with Crippen LogP contribution < -0.4 is 4.90 Å². The first-order valence-corrected chi connectivity index (χ1v) is 7.89. The molecule has 1 amide bonds. The molecule has 0 N–H and O–H groups in total. The van der Waals surface area contributed by atoms with Gasteiger partial charge in [-0.3, -0.25) is 0 Å². The predicted molar refractivity (Wildman–Crippen MR) is 79.3 cm³/mol. The number of anilines is 1. The number of thioether (sulfide) groups is 1. The maximum atomic E-state index is 11.7. The molecule has 1 fully saturated rings. The summed E-state index contributed by atoms with van der Waals surface area (Å²) >= 11 is 1.43. The number of carbonyl (C=O) groups excluding carboxylic acids is 1. The van der Waals surface area contributed by atoms with Gasteiger partial charge in [-0.25, -0.2) is 14.8 Å². The molecule has 1 aliphatic rings. The summed E-state index contributed by atoms with van der Waals surface area (Å²) < 4.78 is 4.99. The fourth-order valence-electron chi connectivity index (χ4n) is 2.17. The molecule has 0 atom stereocenters. The Morgan fingerprint density at radius 2 is 2.14 bits per heavy atom. The molecule has 1 aromatic heterocycles. The van der Waals surface area contributed by atoms with Crippen molar-refractivity contribution in [1.29, 1.82) is 5.26 Å². The number of carbonyl (C=O) groups is 1. The highest BCUT2D eigenvalue weighted by molar-refractivity contribution is 7.98. The number of hydrogen-bond acceptors (Lipinski definition) is 7. The summed E-state index contributed by atoms with van der Waals surface area (Å²) in [5.74, 6) is 0.639. The van der Waals surface area contributed by atoms with Crippen molar-refractivity contribution in [1.82, 2.24) is 14.9 Å². The van der Waals surface area contributed by atoms with Crippen LogP contribution >= 0.6 is 11.8 Å². The van der Waals surface area contributed by atoms with E-state index in [2.05, 4.69) is 16.0 Å². The summed E-state index contributed by atoms with van der Waals surface area (Å²) in [5.41, 5.74) is 0.495. The summed E-state index contributed by atoms with van der Waals surface area (Å²) in [6.45, 7) is 4.53. The minimum Gasteiger partial charge on any atom is -0.450 e. The van der Waals surface area contributed by atoms with Crippen LogP contribution in [0.2, 0.25) is 0 Å². The predicted octanol–water partition coefficient (Wildman–Crippen LogP) is 1.35. The van der Waals surface area contributed by atoms with Crippen molar-refractivity contribution in [3.05, 3.63) is 11.9 Å². The van der Waals surface area contributed by atoms with E-state index in [9.17, 15) is 10.1 Å². The SMILES string of the molecule is CCOC(=O)N1CCN(c2ncnc(SC)c2C#N)CC1. The standard InChI is InChI=1S/C13H17N5O2S/c1-3-20-13(19)18-6-4-17(5-7-18)11-10(8-14)12(21-2)16-9-15-11/h9H,3-7H2,1-2H3. The third kappa shape index (κ3) is 3.36. The van der Waals surface area contributed by atoms with E-state index in [-0.39, 0.29) is 6.09 Å². The molecule has 1 aliphatic heterocycles. The summed E-state index contributed by atoms with van der Waals surface area (Å²) in [6, 6.07) is 2.17. The zero-order valence-corrected chi connectivity index (χ0v) is 12.9. The van der Waals surface area contributed by atoms with Crippen LogP contribution in [0.3, 0.4) is 0 Å². The highest BCUT2D eigenvalue weighted by Gasteiger charge is 2.25. The van der Waals surface area contributed by atoms with Crippen molar-refractivity contribution < 1.29 is 9.53 Å². The summed E-state index contributed by atoms with van der Waals surface area (Å²) in [4.78, 5) is 23.7. The Balaban J connectivity index is 2.09. The molecule has 2 heterocycles. The van der Waals surface area contributed by atoms with Crippen molar-refractivity contribution in [2.45, 2.75) is 11.9 Å². The Bertz CT molecular complexity index is 552. The van der Waals surface area contributed by atoms with E-state index < -0.39 is 0 Å². The van der Waals surface area contributed by atoms with Crippen molar-refractivity contribution in [3.8, 4) is 6.07 Å². The second-order valence-electron chi connectivity index (χ2n) is 4.37. The molecule has 8 heteroatoms. The number of hydrogen-bond donors (Lipinski definition) is 0. The topological polar surface area (TPSA) is 82.3 Å². The van der Waals surface area contributed by atoms with Crippen LogP contribution in [0.4, 0.5) is 10.6 Å². The van der Waals surface area contributed by atoms with Gasteiger partial charge in [0.1, 0.15) is 23.0 Å². The van der Waals surface area contributed by atoms with Crippen LogP contribution in [-0.2, 0) is 4.74 Å². The molecule has 0 aliphatic carbocycles. The lowest BCUT2D eigenvalue weighted by Gasteiger charge is -2.35. The molecule has 0 aromatic carbocycles. The van der Waals surface area contributed by atoms with E-state index in [1.165, 1.54) is 18.1 Å². The quantitative estimate of drug-likeness (QED) is 0.615. The van der Waals surface area contributed by atoms with E-state index in [0.717, 1.165) is 0 Å². The summed E-state index contributed by atoms with van der Waals surface area (Å²) in [7, 11) is 0. The fraction of sp³-hybridized carbons (Fsp3) is 0.538. The van der Waals surface area contributed by atoms with Gasteiger partial charge in [0.05, 0.1) is 6.61 Å². The van der Waals surface area contributed by atoms with E-state index in [1.807, 2.05) is 11.2 Å². The van der Waals surface area contributed by atoms with Crippen molar-refractivity contribution in [2.75, 3.05) is 43.9 Å². The Kier molecular flexibility index (Phi) is 5.22. The number of piperazine rings is 1. The number of aromatic nitrogens is 2. The zero-order chi connectivity index (χ0) is 15.2. The normalized spacial score (nSPS) is 14.7.